The van der Waals surface area contributed by atoms with Crippen molar-refractivity contribution in [3.8, 4) is 6.08 Å². The maximum Gasteiger partial charge on any atom is 0.425 e. The Balaban J connectivity index is 2.29. The van der Waals surface area contributed by atoms with E-state index in [-0.39, 0.29) is 16.7 Å². The lowest BCUT2D eigenvalue weighted by atomic mass is 10.2. The molecule has 0 bridgehead atoms. The minimum atomic E-state index is -4.53. The predicted octanol–water partition coefficient (Wildman–Crippen LogP) is 2.86. The Morgan fingerprint density at radius 1 is 1.47 bits per heavy atom. The molecule has 0 saturated carbocycles. The molecule has 0 aliphatic heterocycles. The smallest absolute Gasteiger partial charge is 0.425 e. The fourth-order valence-corrected chi connectivity index (χ4v) is 1.30. The van der Waals surface area contributed by atoms with Crippen LogP contribution in [0.3, 0.4) is 0 Å². The molecule has 0 amide bonds. The Morgan fingerprint density at radius 3 is 2.74 bits per heavy atom. The fourth-order valence-electron chi connectivity index (χ4n) is 1.30. The van der Waals surface area contributed by atoms with Crippen LogP contribution in [0.25, 0.3) is 11.1 Å². The van der Waals surface area contributed by atoms with E-state index in [4.69, 9.17) is 9.52 Å². The van der Waals surface area contributed by atoms with E-state index in [0.29, 0.717) is 0 Å². The summed E-state index contributed by atoms with van der Waals surface area (Å²) >= 11 is 0. The van der Waals surface area contributed by atoms with Crippen LogP contribution >= 0.6 is 0 Å². The molecule has 1 N–H and O–H groups in total. The first-order valence-electron chi connectivity index (χ1n) is 5.14. The molecule has 1 heterocycles. The Hall–Kier alpha value is -2.25. The van der Waals surface area contributed by atoms with E-state index in [1.807, 2.05) is 0 Å². The van der Waals surface area contributed by atoms with Crippen LogP contribution < -0.4 is 4.74 Å². The highest BCUT2D eigenvalue weighted by Crippen LogP contribution is 2.27. The van der Waals surface area contributed by atoms with Crippen LogP contribution in [0.15, 0.2) is 22.6 Å². The number of hydrogen-bond acceptors (Lipinski definition) is 4. The third kappa shape index (κ3) is 2.78. The van der Waals surface area contributed by atoms with Crippen molar-refractivity contribution in [3.05, 3.63) is 23.8 Å². The lowest BCUT2D eigenvalue weighted by Gasteiger charge is -2.14. The van der Waals surface area contributed by atoms with Gasteiger partial charge in [0.05, 0.1) is 5.56 Å². The summed E-state index contributed by atoms with van der Waals surface area (Å²) in [6, 6.07) is 3.76. The number of nitrogens with zero attached hydrogens (tertiary/aromatic N) is 1. The van der Waals surface area contributed by atoms with Gasteiger partial charge in [-0.15, -0.1) is 0 Å². The minimum absolute atomic E-state index is 0.0456. The molecule has 8 heteroatoms. The zero-order valence-corrected chi connectivity index (χ0v) is 9.56. The second kappa shape index (κ2) is 4.45. The van der Waals surface area contributed by atoms with Gasteiger partial charge in [0.15, 0.2) is 11.7 Å². The number of rotatable bonds is 3. The van der Waals surface area contributed by atoms with Crippen LogP contribution in [0, 0.1) is 0 Å². The summed E-state index contributed by atoms with van der Waals surface area (Å²) < 4.78 is 46.3. The van der Waals surface area contributed by atoms with Crippen LogP contribution in [-0.4, -0.2) is 28.3 Å². The minimum Gasteiger partial charge on any atom is -0.478 e. The van der Waals surface area contributed by atoms with Gasteiger partial charge in [-0.05, 0) is 25.1 Å². The van der Waals surface area contributed by atoms with E-state index in [2.05, 4.69) is 9.72 Å². The summed E-state index contributed by atoms with van der Waals surface area (Å²) in [5.41, 5.74) is 0.206. The monoisotopic (exact) mass is 275 g/mol. The molecule has 1 aromatic heterocycles. The highest BCUT2D eigenvalue weighted by molar-refractivity contribution is 5.91. The zero-order chi connectivity index (χ0) is 14.2. The van der Waals surface area contributed by atoms with Crippen LogP contribution in [0.4, 0.5) is 13.2 Å². The summed E-state index contributed by atoms with van der Waals surface area (Å²) in [7, 11) is 0. The van der Waals surface area contributed by atoms with E-state index in [1.54, 1.807) is 0 Å². The predicted molar refractivity (Wildman–Crippen MR) is 57.1 cm³/mol. The number of hydrogen-bond donors (Lipinski definition) is 1. The molecule has 5 nitrogen and oxygen atoms in total. The number of fused-ring (bicyclic) bond motifs is 1. The topological polar surface area (TPSA) is 72.6 Å². The van der Waals surface area contributed by atoms with Crippen molar-refractivity contribution < 1.29 is 32.2 Å². The average molecular weight is 275 g/mol. The third-order valence-corrected chi connectivity index (χ3v) is 2.35. The molecule has 1 unspecified atom stereocenters. The second-order valence-corrected chi connectivity index (χ2v) is 3.77. The van der Waals surface area contributed by atoms with Crippen LogP contribution in [-0.2, 0) is 0 Å². The van der Waals surface area contributed by atoms with Crippen molar-refractivity contribution in [2.75, 3.05) is 0 Å². The Morgan fingerprint density at radius 2 is 2.16 bits per heavy atom. The number of carboxylic acid groups (broad SMARTS) is 1. The van der Waals surface area contributed by atoms with E-state index in [1.165, 1.54) is 12.1 Å². The van der Waals surface area contributed by atoms with Crippen molar-refractivity contribution in [2.45, 2.75) is 19.2 Å². The fraction of sp³-hybridized carbons (Fsp3) is 0.273. The number of benzene rings is 1. The standard InChI is InChI=1S/C11H8F3NO4/c1-5(11(12,13)14)18-10-15-7-3-2-6(9(16)17)4-8(7)19-10/h2-5H,1H3,(H,16,17). The molecule has 0 radical (unpaired) electrons. The molecule has 1 aromatic carbocycles. The first kappa shape index (κ1) is 13.2. The summed E-state index contributed by atoms with van der Waals surface area (Å²) in [5.74, 6) is -1.18. The van der Waals surface area contributed by atoms with Crippen LogP contribution in [0.1, 0.15) is 17.3 Å². The average Bonchev–Trinajstić information content (AvgIpc) is 2.68. The van der Waals surface area contributed by atoms with Crippen LogP contribution in [0.2, 0.25) is 0 Å². The number of halogens is 3. The van der Waals surface area contributed by atoms with Crippen LogP contribution in [0.5, 0.6) is 6.08 Å². The van der Waals surface area contributed by atoms with Crippen molar-refractivity contribution in [2.24, 2.45) is 0 Å². The van der Waals surface area contributed by atoms with Crippen molar-refractivity contribution in [1.82, 2.24) is 4.98 Å². The van der Waals surface area contributed by atoms with E-state index in [0.717, 1.165) is 13.0 Å². The quantitative estimate of drug-likeness (QED) is 0.932. The SMILES string of the molecule is CC(Oc1nc2ccc(C(=O)O)cc2o1)C(F)(F)F. The highest BCUT2D eigenvalue weighted by atomic mass is 19.4. The Bertz CT molecular complexity index is 620. The largest absolute Gasteiger partial charge is 0.478 e. The third-order valence-electron chi connectivity index (χ3n) is 2.35. The van der Waals surface area contributed by atoms with E-state index < -0.39 is 24.3 Å². The zero-order valence-electron chi connectivity index (χ0n) is 9.56. The molecular formula is C11H8F3NO4. The number of carbonyl (C=O) groups is 1. The number of aromatic carboxylic acids is 1. The van der Waals surface area contributed by atoms with E-state index in [9.17, 15) is 18.0 Å². The van der Waals surface area contributed by atoms with Crippen molar-refractivity contribution >= 4 is 17.1 Å². The van der Waals surface area contributed by atoms with Gasteiger partial charge in [-0.2, -0.15) is 18.2 Å². The summed E-state index contributed by atoms with van der Waals surface area (Å²) in [4.78, 5) is 14.4. The molecule has 1 atom stereocenters. The second-order valence-electron chi connectivity index (χ2n) is 3.77. The maximum atomic E-state index is 12.3. The van der Waals surface area contributed by atoms with Gasteiger partial charge in [-0.1, -0.05) is 0 Å². The number of carboxylic acids is 1. The molecular weight excluding hydrogens is 267 g/mol. The molecule has 2 aromatic rings. The molecule has 0 aliphatic rings. The summed E-state index contributed by atoms with van der Waals surface area (Å²) in [6.07, 6.45) is -7.16. The van der Waals surface area contributed by atoms with Gasteiger partial charge in [0.25, 0.3) is 0 Å². The van der Waals surface area contributed by atoms with Gasteiger partial charge in [-0.25, -0.2) is 4.79 Å². The van der Waals surface area contributed by atoms with Gasteiger partial charge in [0, 0.05) is 0 Å². The molecule has 0 spiro atoms. The normalized spacial score (nSPS) is 13.5. The number of ether oxygens (including phenoxy) is 1. The molecule has 0 aliphatic carbocycles. The Kier molecular flexibility index (Phi) is 3.09. The van der Waals surface area contributed by atoms with Gasteiger partial charge < -0.3 is 14.3 Å². The lowest BCUT2D eigenvalue weighted by molar-refractivity contribution is -0.193. The lowest BCUT2D eigenvalue weighted by Crippen LogP contribution is -2.31. The highest BCUT2D eigenvalue weighted by Gasteiger charge is 2.39. The van der Waals surface area contributed by atoms with Gasteiger partial charge in [0.2, 0.25) is 0 Å². The Labute approximate surface area is 104 Å². The molecule has 0 saturated heterocycles. The van der Waals surface area contributed by atoms with Crippen molar-refractivity contribution in [1.29, 1.82) is 0 Å². The number of oxazole rings is 1. The molecule has 2 rings (SSSR count). The van der Waals surface area contributed by atoms with Crippen molar-refractivity contribution in [3.63, 3.8) is 0 Å². The number of aromatic nitrogens is 1. The molecule has 0 fully saturated rings. The van der Waals surface area contributed by atoms with Gasteiger partial charge >= 0.3 is 18.2 Å². The van der Waals surface area contributed by atoms with Gasteiger partial charge in [0.1, 0.15) is 5.52 Å². The molecule has 19 heavy (non-hydrogen) atoms. The first-order valence-corrected chi connectivity index (χ1v) is 5.14. The summed E-state index contributed by atoms with van der Waals surface area (Å²) in [5, 5.41) is 8.76. The maximum absolute atomic E-state index is 12.3. The van der Waals surface area contributed by atoms with Gasteiger partial charge in [-0.3, -0.25) is 0 Å². The summed E-state index contributed by atoms with van der Waals surface area (Å²) in [6.45, 7) is 0.817. The first-order chi connectivity index (χ1) is 8.77. The van der Waals surface area contributed by atoms with E-state index >= 15 is 0 Å². The molecule has 102 valence electrons. The number of alkyl halides is 3.